The molecule has 3 fully saturated rings. The molecule has 1 amide bonds. The molecule has 166 valence electrons. The lowest BCUT2D eigenvalue weighted by molar-refractivity contribution is -0.123. The molecule has 0 aromatic carbocycles. The Morgan fingerprint density at radius 3 is 2.23 bits per heavy atom. The monoisotopic (exact) mass is 422 g/mol. The number of nitrogens with two attached hydrogens (primary N) is 1. The molecule has 3 heterocycles. The summed E-state index contributed by atoms with van der Waals surface area (Å²) in [4.78, 5) is 37.3. The van der Waals surface area contributed by atoms with Gasteiger partial charge in [0.2, 0.25) is 5.91 Å². The number of aliphatic hydroxyl groups is 1. The summed E-state index contributed by atoms with van der Waals surface area (Å²) in [5, 5.41) is 24.4. The molecule has 1 aromatic rings. The molecule has 1 saturated carbocycles. The first-order valence-corrected chi connectivity index (χ1v) is 10.0. The first-order valence-electron chi connectivity index (χ1n) is 10.0. The number of pyridine rings is 1. The molecular formula is C20H30N4O6. The number of aliphatic hydroxyl groups excluding tert-OH is 1. The largest absolute Gasteiger partial charge is 0.483 e. The molecule has 1 aromatic heterocycles. The number of aromatic nitrogens is 1. The topological polar surface area (TPSA) is 157 Å². The van der Waals surface area contributed by atoms with Gasteiger partial charge in [-0.15, -0.1) is 0 Å². The van der Waals surface area contributed by atoms with Gasteiger partial charge in [0, 0.05) is 30.9 Å². The summed E-state index contributed by atoms with van der Waals surface area (Å²) in [7, 11) is 0. The summed E-state index contributed by atoms with van der Waals surface area (Å²) < 4.78 is 0. The molecule has 5 N–H and O–H groups in total. The van der Waals surface area contributed by atoms with E-state index in [0.717, 1.165) is 44.8 Å². The second-order valence-electron chi connectivity index (χ2n) is 7.75. The molecule has 2 aliphatic heterocycles. The highest BCUT2D eigenvalue weighted by molar-refractivity contribution is 5.93. The first kappa shape index (κ1) is 23.6. The number of nitrogens with zero attached hydrogens (tertiary/aromatic N) is 3. The number of amides is 1. The van der Waals surface area contributed by atoms with Gasteiger partial charge in [-0.25, -0.2) is 4.98 Å². The number of hydrogen-bond acceptors (Lipinski definition) is 7. The number of rotatable bonds is 3. The fourth-order valence-electron chi connectivity index (χ4n) is 4.80. The van der Waals surface area contributed by atoms with Gasteiger partial charge in [0.15, 0.2) is 0 Å². The van der Waals surface area contributed by atoms with Crippen molar-refractivity contribution < 1.29 is 29.7 Å². The molecular weight excluding hydrogens is 392 g/mol. The molecule has 2 saturated heterocycles. The molecule has 4 rings (SSSR count). The van der Waals surface area contributed by atoms with Gasteiger partial charge >= 0.3 is 0 Å². The second-order valence-corrected chi connectivity index (χ2v) is 7.75. The summed E-state index contributed by atoms with van der Waals surface area (Å²) >= 11 is 0. The Morgan fingerprint density at radius 1 is 1.10 bits per heavy atom. The maximum absolute atomic E-state index is 11.4. The Hall–Kier alpha value is -2.72. The van der Waals surface area contributed by atoms with Crippen LogP contribution in [-0.4, -0.2) is 82.4 Å². The van der Waals surface area contributed by atoms with Crippen molar-refractivity contribution >= 4 is 24.7 Å². The van der Waals surface area contributed by atoms with E-state index in [4.69, 9.17) is 25.5 Å². The number of hydrogen-bond donors (Lipinski definition) is 4. The van der Waals surface area contributed by atoms with Crippen molar-refractivity contribution in [3.05, 3.63) is 23.9 Å². The van der Waals surface area contributed by atoms with Gasteiger partial charge in [-0.1, -0.05) is 0 Å². The molecule has 10 heteroatoms. The number of carbonyl (C=O) groups is 3. The van der Waals surface area contributed by atoms with Crippen LogP contribution >= 0.6 is 0 Å². The summed E-state index contributed by atoms with van der Waals surface area (Å²) in [5.41, 5.74) is 5.89. The zero-order valence-corrected chi connectivity index (χ0v) is 16.8. The van der Waals surface area contributed by atoms with E-state index >= 15 is 0 Å². The third kappa shape index (κ3) is 5.90. The van der Waals surface area contributed by atoms with Crippen LogP contribution in [0.3, 0.4) is 0 Å². The van der Waals surface area contributed by atoms with Crippen molar-refractivity contribution in [2.45, 2.75) is 37.8 Å². The third-order valence-corrected chi connectivity index (χ3v) is 6.07. The summed E-state index contributed by atoms with van der Waals surface area (Å²) in [6.07, 6.45) is 5.89. The van der Waals surface area contributed by atoms with E-state index < -0.39 is 5.91 Å². The van der Waals surface area contributed by atoms with Crippen LogP contribution in [0.2, 0.25) is 0 Å². The Balaban J connectivity index is 0.000000480. The number of fused-ring (bicyclic) bond motifs is 1. The highest BCUT2D eigenvalue weighted by Gasteiger charge is 2.44. The van der Waals surface area contributed by atoms with Crippen molar-refractivity contribution in [2.75, 3.05) is 31.1 Å². The molecule has 0 spiro atoms. The van der Waals surface area contributed by atoms with E-state index in [1.807, 2.05) is 0 Å². The van der Waals surface area contributed by atoms with Crippen LogP contribution in [0.25, 0.3) is 0 Å². The quantitative estimate of drug-likeness (QED) is 0.501. The van der Waals surface area contributed by atoms with Crippen LogP contribution in [0, 0.1) is 11.8 Å². The summed E-state index contributed by atoms with van der Waals surface area (Å²) in [6.45, 7) is 3.62. The van der Waals surface area contributed by atoms with Gasteiger partial charge in [-0.2, -0.15) is 0 Å². The molecule has 3 aliphatic rings. The molecule has 30 heavy (non-hydrogen) atoms. The lowest BCUT2D eigenvalue weighted by Crippen LogP contribution is -2.48. The first-order chi connectivity index (χ1) is 14.4. The van der Waals surface area contributed by atoms with Gasteiger partial charge in [0.25, 0.3) is 12.9 Å². The Kier molecular flexibility index (Phi) is 9.00. The Morgan fingerprint density at radius 2 is 1.67 bits per heavy atom. The highest BCUT2D eigenvalue weighted by atomic mass is 16.3. The van der Waals surface area contributed by atoms with Crippen molar-refractivity contribution in [1.82, 2.24) is 9.88 Å². The van der Waals surface area contributed by atoms with Crippen molar-refractivity contribution in [3.8, 4) is 0 Å². The fraction of sp³-hybridized carbons (Fsp3) is 0.600. The van der Waals surface area contributed by atoms with Gasteiger partial charge in [-0.05, 0) is 62.7 Å². The van der Waals surface area contributed by atoms with Gasteiger partial charge in [-0.3, -0.25) is 19.3 Å². The minimum Gasteiger partial charge on any atom is -0.483 e. The fourth-order valence-corrected chi connectivity index (χ4v) is 4.80. The highest BCUT2D eigenvalue weighted by Crippen LogP contribution is 2.40. The molecule has 4 atom stereocenters. The van der Waals surface area contributed by atoms with Crippen molar-refractivity contribution in [3.63, 3.8) is 0 Å². The minimum absolute atomic E-state index is 0.214. The van der Waals surface area contributed by atoms with Crippen LogP contribution in [-0.2, 0) is 9.59 Å². The van der Waals surface area contributed by atoms with E-state index in [1.165, 1.54) is 12.8 Å². The standard InChI is InChI=1S/C18H26N4O2.2CH2O2/c19-18(24)12-3-4-20-17(9-12)22-10-13-7-15(21-5-1-2-6-21)16(23)8-14(13)11-22;2*2-1-3/h3-4,9,13-16,23H,1-2,5-8,10-11H2,(H2,19,24);2*1H,(H,2,3)/t13-,14+,15-,16-;;/m1../s1. The van der Waals surface area contributed by atoms with Gasteiger partial charge < -0.3 is 26.0 Å². The molecule has 1 aliphatic carbocycles. The Bertz CT molecular complexity index is 706. The number of primary amides is 1. The lowest BCUT2D eigenvalue weighted by Gasteiger charge is -2.40. The second kappa shape index (κ2) is 11.5. The van der Waals surface area contributed by atoms with E-state index in [1.54, 1.807) is 18.3 Å². The average molecular weight is 422 g/mol. The SMILES string of the molecule is NC(=O)c1ccnc(N2C[C@H]3C[C@@H](N4CCCC4)[C@H](O)C[C@H]3C2)c1.O=CO.O=CO. The minimum atomic E-state index is -0.417. The number of likely N-dealkylation sites (tertiary alicyclic amines) is 1. The molecule has 0 unspecified atom stereocenters. The third-order valence-electron chi connectivity index (χ3n) is 6.07. The number of carbonyl (C=O) groups excluding carboxylic acids is 1. The van der Waals surface area contributed by atoms with E-state index in [2.05, 4.69) is 14.8 Å². The van der Waals surface area contributed by atoms with Crippen molar-refractivity contribution in [2.24, 2.45) is 17.6 Å². The maximum Gasteiger partial charge on any atom is 0.290 e. The average Bonchev–Trinajstić information content (AvgIpc) is 3.38. The van der Waals surface area contributed by atoms with Crippen LogP contribution < -0.4 is 10.6 Å². The smallest absolute Gasteiger partial charge is 0.290 e. The Labute approximate surface area is 175 Å². The van der Waals surface area contributed by atoms with Crippen molar-refractivity contribution in [1.29, 1.82) is 0 Å². The van der Waals surface area contributed by atoms with Crippen LogP contribution in [0.1, 0.15) is 36.0 Å². The summed E-state index contributed by atoms with van der Waals surface area (Å²) in [5.74, 6) is 1.52. The predicted molar refractivity (Wildman–Crippen MR) is 109 cm³/mol. The maximum atomic E-state index is 11.4. The van der Waals surface area contributed by atoms with E-state index in [9.17, 15) is 9.90 Å². The van der Waals surface area contributed by atoms with Gasteiger partial charge in [0.05, 0.1) is 6.10 Å². The summed E-state index contributed by atoms with van der Waals surface area (Å²) in [6, 6.07) is 3.76. The van der Waals surface area contributed by atoms with E-state index in [0.29, 0.717) is 23.4 Å². The molecule has 10 nitrogen and oxygen atoms in total. The van der Waals surface area contributed by atoms with Crippen LogP contribution in [0.15, 0.2) is 18.3 Å². The zero-order chi connectivity index (χ0) is 22.1. The number of carboxylic acid groups (broad SMARTS) is 2. The van der Waals surface area contributed by atoms with Crippen LogP contribution in [0.4, 0.5) is 5.82 Å². The zero-order valence-electron chi connectivity index (χ0n) is 16.8. The number of anilines is 1. The normalized spacial score (nSPS) is 27.7. The lowest BCUT2D eigenvalue weighted by atomic mass is 9.77. The van der Waals surface area contributed by atoms with Crippen LogP contribution in [0.5, 0.6) is 0 Å². The van der Waals surface area contributed by atoms with Gasteiger partial charge in [0.1, 0.15) is 5.82 Å². The molecule has 0 bridgehead atoms. The predicted octanol–water partition coefficient (Wildman–Crippen LogP) is 0.254. The van der Waals surface area contributed by atoms with E-state index in [-0.39, 0.29) is 19.0 Å². The molecule has 0 radical (unpaired) electrons.